The molecule has 1 aromatic heterocycles. The van der Waals surface area contributed by atoms with Crippen molar-refractivity contribution in [3.63, 3.8) is 0 Å². The first-order valence-corrected chi connectivity index (χ1v) is 18.7. The van der Waals surface area contributed by atoms with Crippen LogP contribution in [-0.4, -0.2) is 4.57 Å². The second-order valence-electron chi connectivity index (χ2n) is 14.6. The Morgan fingerprint density at radius 2 is 1.57 bits per heavy atom. The van der Waals surface area contributed by atoms with Crippen LogP contribution in [0.3, 0.4) is 0 Å². The molecule has 3 nitrogen and oxygen atoms in total. The summed E-state index contributed by atoms with van der Waals surface area (Å²) < 4.78 is 2.37. The molecule has 0 saturated carbocycles. The molecule has 0 spiro atoms. The van der Waals surface area contributed by atoms with Gasteiger partial charge >= 0.3 is 0 Å². The molecule has 1 heterocycles. The molecule has 4 N–H and O–H groups in total. The van der Waals surface area contributed by atoms with Crippen LogP contribution in [0.4, 0.5) is 0 Å². The van der Waals surface area contributed by atoms with Gasteiger partial charge in [0.1, 0.15) is 0 Å². The van der Waals surface area contributed by atoms with Crippen molar-refractivity contribution >= 4 is 22.6 Å². The summed E-state index contributed by atoms with van der Waals surface area (Å²) in [5.74, 6) is 0.417. The first-order chi connectivity index (χ1) is 25.6. The molecular weight excluding hydrogens is 643 g/mol. The lowest BCUT2D eigenvalue weighted by Crippen LogP contribution is -2.19. The minimum atomic E-state index is -0.109. The Kier molecular flexibility index (Phi) is 10.8. The molecule has 0 radical (unpaired) electrons. The molecule has 2 unspecified atom stereocenters. The van der Waals surface area contributed by atoms with E-state index in [1.54, 1.807) is 0 Å². The molecule has 2 aliphatic rings. The van der Waals surface area contributed by atoms with Crippen LogP contribution in [0.5, 0.6) is 0 Å². The monoisotopic (exact) mass is 695 g/mol. The summed E-state index contributed by atoms with van der Waals surface area (Å²) in [6, 6.07) is 33.1. The third-order valence-electron chi connectivity index (χ3n) is 11.1. The molecule has 5 aromatic rings. The first-order valence-electron chi connectivity index (χ1n) is 18.7. The zero-order valence-corrected chi connectivity index (χ0v) is 32.2. The fourth-order valence-electron chi connectivity index (χ4n) is 8.09. The van der Waals surface area contributed by atoms with E-state index in [-0.39, 0.29) is 11.5 Å². The normalized spacial score (nSPS) is 17.0. The van der Waals surface area contributed by atoms with Gasteiger partial charge in [0.05, 0.1) is 11.7 Å². The molecule has 2 atom stereocenters. The highest BCUT2D eigenvalue weighted by molar-refractivity contribution is 6.07. The lowest BCUT2D eigenvalue weighted by atomic mass is 9.81. The molecular formula is C50H53N3. The van der Waals surface area contributed by atoms with Crippen LogP contribution < -0.4 is 11.5 Å². The Hall–Kier alpha value is -5.80. The molecule has 2 aliphatic carbocycles. The van der Waals surface area contributed by atoms with Gasteiger partial charge in [-0.15, -0.1) is 0 Å². The maximum Gasteiger partial charge on any atom is 0.0581 e. The predicted octanol–water partition coefficient (Wildman–Crippen LogP) is 12.8. The average Bonchev–Trinajstić information content (AvgIpc) is 3.68. The quantitative estimate of drug-likeness (QED) is 0.159. The number of allylic oxidation sites excluding steroid dienone is 10. The van der Waals surface area contributed by atoms with Gasteiger partial charge in [-0.2, -0.15) is 0 Å². The van der Waals surface area contributed by atoms with Crippen LogP contribution in [0, 0.1) is 0 Å². The predicted molar refractivity (Wildman–Crippen MR) is 230 cm³/mol. The highest BCUT2D eigenvalue weighted by Crippen LogP contribution is 2.55. The van der Waals surface area contributed by atoms with Crippen molar-refractivity contribution in [3.8, 4) is 22.3 Å². The molecule has 0 aliphatic heterocycles. The zero-order valence-electron chi connectivity index (χ0n) is 32.2. The van der Waals surface area contributed by atoms with E-state index in [1.165, 1.54) is 66.6 Å². The van der Waals surface area contributed by atoms with Gasteiger partial charge in [-0.25, -0.2) is 0 Å². The zero-order chi connectivity index (χ0) is 37.9. The van der Waals surface area contributed by atoms with Gasteiger partial charge in [0, 0.05) is 40.0 Å². The molecule has 0 bridgehead atoms. The molecule has 0 amide bonds. The van der Waals surface area contributed by atoms with Crippen molar-refractivity contribution in [3.05, 3.63) is 192 Å². The number of hydrogen-bond donors (Lipinski definition) is 2. The summed E-state index contributed by atoms with van der Waals surface area (Å²) >= 11 is 0. The van der Waals surface area contributed by atoms with E-state index in [0.717, 1.165) is 11.4 Å². The lowest BCUT2D eigenvalue weighted by Gasteiger charge is -2.24. The number of rotatable bonds is 8. The number of benzene rings is 4. The SMILES string of the molecule is C=C/C=C(\C=C/C)C(C)c1ccccc1.C=Cc1cc2c3c(ccc2n1C1C=CC(N)=C(N)C1)C(C)(C)c1cccc(-c2ccccc2/C(C)=C/C)c1-3. The lowest BCUT2D eigenvalue weighted by molar-refractivity contribution is 0.600. The molecule has 7 rings (SSSR count). The topological polar surface area (TPSA) is 57.0 Å². The van der Waals surface area contributed by atoms with E-state index in [9.17, 15) is 0 Å². The molecule has 3 heteroatoms. The highest BCUT2D eigenvalue weighted by atomic mass is 15.0. The number of aromatic nitrogens is 1. The van der Waals surface area contributed by atoms with Crippen LogP contribution in [0.15, 0.2) is 164 Å². The van der Waals surface area contributed by atoms with Crippen LogP contribution >= 0.6 is 0 Å². The summed E-state index contributed by atoms with van der Waals surface area (Å²) in [6.45, 7) is 21.2. The maximum absolute atomic E-state index is 6.29. The third-order valence-corrected chi connectivity index (χ3v) is 11.1. The van der Waals surface area contributed by atoms with Gasteiger partial charge in [0.2, 0.25) is 0 Å². The Morgan fingerprint density at radius 1 is 0.868 bits per heavy atom. The van der Waals surface area contributed by atoms with E-state index < -0.39 is 0 Å². The van der Waals surface area contributed by atoms with Crippen molar-refractivity contribution in [2.75, 3.05) is 0 Å². The van der Waals surface area contributed by atoms with Crippen molar-refractivity contribution in [1.82, 2.24) is 4.57 Å². The van der Waals surface area contributed by atoms with Crippen molar-refractivity contribution in [2.45, 2.75) is 65.3 Å². The van der Waals surface area contributed by atoms with Crippen molar-refractivity contribution in [1.29, 1.82) is 0 Å². The molecule has 0 saturated heterocycles. The largest absolute Gasteiger partial charge is 0.400 e. The van der Waals surface area contributed by atoms with Crippen molar-refractivity contribution in [2.24, 2.45) is 11.5 Å². The van der Waals surface area contributed by atoms with Crippen molar-refractivity contribution < 1.29 is 0 Å². The Bertz CT molecular complexity index is 2340. The Morgan fingerprint density at radius 3 is 2.25 bits per heavy atom. The summed E-state index contributed by atoms with van der Waals surface area (Å²) in [4.78, 5) is 0. The summed E-state index contributed by atoms with van der Waals surface area (Å²) in [6.07, 6.45) is 17.0. The number of nitrogens with two attached hydrogens (primary N) is 2. The standard InChI is InChI=1S/C35H35N3.C15H18/c1-6-21(3)24-11-8-9-12-25(24)26-13-10-14-28-33(26)34-27-19-22(7-2)38(23-15-17-30(36)31(37)20-23)32(27)18-16-29(34)35(28,4)5;1-4-9-14(10-5-2)13(3)15-11-7-6-8-12-15/h6-19,23H,2,20,36-37H2,1,3-5H3;4-13H,1H2,2-3H3/b21-6+;10-5-,14-9+. The van der Waals surface area contributed by atoms with E-state index in [1.807, 2.05) is 31.2 Å². The van der Waals surface area contributed by atoms with Gasteiger partial charge in [-0.3, -0.25) is 0 Å². The number of nitrogens with zero attached hydrogens (tertiary/aromatic N) is 1. The summed E-state index contributed by atoms with van der Waals surface area (Å²) in [7, 11) is 0. The van der Waals surface area contributed by atoms with Crippen LogP contribution in [0.1, 0.15) is 87.9 Å². The van der Waals surface area contributed by atoms with Gasteiger partial charge in [0.15, 0.2) is 0 Å². The highest BCUT2D eigenvalue weighted by Gasteiger charge is 2.39. The minimum Gasteiger partial charge on any atom is -0.400 e. The first kappa shape index (κ1) is 37.0. The average molecular weight is 696 g/mol. The summed E-state index contributed by atoms with van der Waals surface area (Å²) in [5, 5.41) is 1.26. The van der Waals surface area contributed by atoms with E-state index in [2.05, 4.69) is 168 Å². The molecule has 0 fully saturated rings. The van der Waals surface area contributed by atoms with Crippen LogP contribution in [0.2, 0.25) is 0 Å². The van der Waals surface area contributed by atoms with Gasteiger partial charge in [-0.05, 0) is 101 Å². The summed E-state index contributed by atoms with van der Waals surface area (Å²) in [5.41, 5.74) is 29.1. The third kappa shape index (κ3) is 6.80. The fourth-order valence-corrected chi connectivity index (χ4v) is 8.09. The second-order valence-corrected chi connectivity index (χ2v) is 14.6. The smallest absolute Gasteiger partial charge is 0.0581 e. The van der Waals surface area contributed by atoms with E-state index >= 15 is 0 Å². The van der Waals surface area contributed by atoms with E-state index in [0.29, 0.717) is 18.0 Å². The van der Waals surface area contributed by atoms with E-state index in [4.69, 9.17) is 11.5 Å². The molecule has 268 valence electrons. The Labute approximate surface area is 316 Å². The number of hydrogen-bond acceptors (Lipinski definition) is 2. The minimum absolute atomic E-state index is 0.0908. The fraction of sp³-hybridized carbons (Fsp3) is 0.200. The second kappa shape index (κ2) is 15.4. The van der Waals surface area contributed by atoms with Crippen LogP contribution in [0.25, 0.3) is 44.8 Å². The van der Waals surface area contributed by atoms with Gasteiger partial charge in [-0.1, -0.05) is 149 Å². The Balaban J connectivity index is 0.000000270. The van der Waals surface area contributed by atoms with Gasteiger partial charge in [0.25, 0.3) is 0 Å². The van der Waals surface area contributed by atoms with Gasteiger partial charge < -0.3 is 16.0 Å². The molecule has 53 heavy (non-hydrogen) atoms. The number of fused-ring (bicyclic) bond motifs is 5. The maximum atomic E-state index is 6.29. The molecule has 4 aromatic carbocycles. The van der Waals surface area contributed by atoms with Crippen LogP contribution in [-0.2, 0) is 5.41 Å².